The van der Waals surface area contributed by atoms with Crippen LogP contribution in [-0.2, 0) is 0 Å². The van der Waals surface area contributed by atoms with Crippen LogP contribution in [0, 0.1) is 6.92 Å². The second-order valence-corrected chi connectivity index (χ2v) is 6.41. The topological polar surface area (TPSA) is 45.2 Å². The minimum Gasteiger partial charge on any atom is -0.372 e. The third-order valence-electron chi connectivity index (χ3n) is 3.99. The predicted octanol–water partition coefficient (Wildman–Crippen LogP) is 4.55. The average Bonchev–Trinajstić information content (AvgIpc) is 3.06. The summed E-state index contributed by atoms with van der Waals surface area (Å²) in [6.07, 6.45) is 3.89. The molecule has 0 aliphatic carbocycles. The molecule has 0 unspecified atom stereocenters. The molecule has 1 aliphatic heterocycles. The highest BCUT2D eigenvalue weighted by Gasteiger charge is 2.14. The van der Waals surface area contributed by atoms with E-state index in [-0.39, 0.29) is 16.1 Å². The van der Waals surface area contributed by atoms with Crippen LogP contribution in [0.1, 0.15) is 28.8 Å². The van der Waals surface area contributed by atoms with Gasteiger partial charge >= 0.3 is 0 Å². The fraction of sp³-hybridized carbons (Fsp3) is 0.294. The van der Waals surface area contributed by atoms with Crippen LogP contribution in [0.5, 0.6) is 0 Å². The number of nitrogens with one attached hydrogen (secondary N) is 1. The van der Waals surface area contributed by atoms with E-state index in [2.05, 4.69) is 21.3 Å². The van der Waals surface area contributed by atoms with Crippen molar-refractivity contribution >= 4 is 40.5 Å². The van der Waals surface area contributed by atoms with Crippen LogP contribution in [0.3, 0.4) is 0 Å². The van der Waals surface area contributed by atoms with Crippen molar-refractivity contribution in [3.63, 3.8) is 0 Å². The first-order valence-electron chi connectivity index (χ1n) is 7.52. The summed E-state index contributed by atoms with van der Waals surface area (Å²) >= 11 is 11.7. The van der Waals surface area contributed by atoms with Gasteiger partial charge in [0.1, 0.15) is 5.15 Å². The van der Waals surface area contributed by atoms with Gasteiger partial charge in [0.15, 0.2) is 0 Å². The molecule has 1 amide bonds. The van der Waals surface area contributed by atoms with E-state index in [1.807, 2.05) is 19.1 Å². The molecular weight excluding hydrogens is 333 g/mol. The third-order valence-corrected chi connectivity index (χ3v) is 4.67. The van der Waals surface area contributed by atoms with E-state index in [9.17, 15) is 4.79 Å². The molecule has 6 heteroatoms. The number of hydrogen-bond donors (Lipinski definition) is 1. The number of carbonyl (C=O) groups is 1. The minimum atomic E-state index is -0.256. The molecular formula is C17H17Cl2N3O. The number of rotatable bonds is 3. The van der Waals surface area contributed by atoms with Crippen molar-refractivity contribution in [2.24, 2.45) is 0 Å². The molecule has 0 atom stereocenters. The van der Waals surface area contributed by atoms with E-state index >= 15 is 0 Å². The van der Waals surface area contributed by atoms with Crippen molar-refractivity contribution in [1.29, 1.82) is 0 Å². The quantitative estimate of drug-likeness (QED) is 0.826. The summed E-state index contributed by atoms with van der Waals surface area (Å²) in [4.78, 5) is 18.6. The number of aryl methyl sites for hydroxylation is 1. The number of pyridine rings is 1. The van der Waals surface area contributed by atoms with E-state index in [4.69, 9.17) is 23.2 Å². The summed E-state index contributed by atoms with van der Waals surface area (Å²) in [6, 6.07) is 7.60. The van der Waals surface area contributed by atoms with Crippen molar-refractivity contribution in [1.82, 2.24) is 4.98 Å². The Morgan fingerprint density at radius 3 is 2.61 bits per heavy atom. The number of aromatic nitrogens is 1. The first-order chi connectivity index (χ1) is 11.0. The van der Waals surface area contributed by atoms with Crippen LogP contribution in [-0.4, -0.2) is 24.0 Å². The second kappa shape index (κ2) is 6.77. The molecule has 23 heavy (non-hydrogen) atoms. The van der Waals surface area contributed by atoms with Crippen LogP contribution < -0.4 is 10.2 Å². The molecule has 1 fully saturated rings. The van der Waals surface area contributed by atoms with E-state index < -0.39 is 0 Å². The number of halogens is 2. The Balaban J connectivity index is 1.76. The van der Waals surface area contributed by atoms with Crippen LogP contribution in [0.4, 0.5) is 11.4 Å². The van der Waals surface area contributed by atoms with Crippen LogP contribution in [0.2, 0.25) is 10.2 Å². The Morgan fingerprint density at radius 2 is 1.96 bits per heavy atom. The summed E-state index contributed by atoms with van der Waals surface area (Å²) in [6.45, 7) is 4.18. The van der Waals surface area contributed by atoms with Gasteiger partial charge in [-0.15, -0.1) is 0 Å². The summed E-state index contributed by atoms with van der Waals surface area (Å²) in [5, 5.41) is 3.35. The number of amides is 1. The largest absolute Gasteiger partial charge is 0.372 e. The van der Waals surface area contributed by atoms with Gasteiger partial charge in [0.2, 0.25) is 0 Å². The molecule has 1 aromatic heterocycles. The summed E-state index contributed by atoms with van der Waals surface area (Å²) < 4.78 is 0. The fourth-order valence-corrected chi connectivity index (χ4v) is 2.97. The Kier molecular flexibility index (Phi) is 4.74. The van der Waals surface area contributed by atoms with Crippen LogP contribution >= 0.6 is 23.2 Å². The predicted molar refractivity (Wildman–Crippen MR) is 94.8 cm³/mol. The van der Waals surface area contributed by atoms with Crippen molar-refractivity contribution in [3.8, 4) is 0 Å². The molecule has 0 radical (unpaired) electrons. The molecule has 2 heterocycles. The number of nitrogens with zero attached hydrogens (tertiary/aromatic N) is 2. The Labute approximate surface area is 145 Å². The summed E-state index contributed by atoms with van der Waals surface area (Å²) in [5.41, 5.74) is 3.39. The van der Waals surface area contributed by atoms with Crippen LogP contribution in [0.25, 0.3) is 0 Å². The molecule has 3 rings (SSSR count). The number of hydrogen-bond acceptors (Lipinski definition) is 3. The Hall–Kier alpha value is -1.78. The maximum Gasteiger partial charge on any atom is 0.257 e. The molecule has 1 N–H and O–H groups in total. The smallest absolute Gasteiger partial charge is 0.257 e. The van der Waals surface area contributed by atoms with Gasteiger partial charge in [-0.05, 0) is 49.6 Å². The van der Waals surface area contributed by atoms with Crippen molar-refractivity contribution in [2.45, 2.75) is 19.8 Å². The molecule has 4 nitrogen and oxygen atoms in total. The number of carbonyl (C=O) groups excluding carboxylic acids is 1. The molecule has 1 aromatic carbocycles. The molecule has 0 saturated carbocycles. The first-order valence-corrected chi connectivity index (χ1v) is 8.28. The zero-order valence-corrected chi connectivity index (χ0v) is 14.3. The van der Waals surface area contributed by atoms with E-state index in [0.29, 0.717) is 5.56 Å². The van der Waals surface area contributed by atoms with E-state index in [0.717, 1.165) is 24.3 Å². The van der Waals surface area contributed by atoms with Gasteiger partial charge in [-0.2, -0.15) is 0 Å². The minimum absolute atomic E-state index is 0.189. The lowest BCUT2D eigenvalue weighted by molar-refractivity contribution is 0.102. The molecule has 1 saturated heterocycles. The lowest BCUT2D eigenvalue weighted by atomic mass is 10.1. The summed E-state index contributed by atoms with van der Waals surface area (Å²) in [5.74, 6) is -0.256. The lowest BCUT2D eigenvalue weighted by Gasteiger charge is -2.19. The second-order valence-electron chi connectivity index (χ2n) is 5.64. The average molecular weight is 350 g/mol. The molecule has 0 spiro atoms. The lowest BCUT2D eigenvalue weighted by Crippen LogP contribution is -2.18. The summed E-state index contributed by atoms with van der Waals surface area (Å²) in [7, 11) is 0. The SMILES string of the molecule is Cc1cc(N2CCCC2)ccc1NC(=O)c1cnc(Cl)c(Cl)c1. The van der Waals surface area contributed by atoms with Gasteiger partial charge in [-0.1, -0.05) is 23.2 Å². The molecule has 2 aromatic rings. The maximum atomic E-state index is 12.3. The Morgan fingerprint density at radius 1 is 1.22 bits per heavy atom. The maximum absolute atomic E-state index is 12.3. The van der Waals surface area contributed by atoms with Gasteiger partial charge in [-0.25, -0.2) is 4.98 Å². The standard InChI is InChI=1S/C17H17Cl2N3O/c1-11-8-13(22-6-2-3-7-22)4-5-15(11)21-17(23)12-9-14(18)16(19)20-10-12/h4-5,8-10H,2-3,6-7H2,1H3,(H,21,23). The highest BCUT2D eigenvalue weighted by molar-refractivity contribution is 6.41. The van der Waals surface area contributed by atoms with Gasteiger partial charge in [0.05, 0.1) is 10.6 Å². The highest BCUT2D eigenvalue weighted by atomic mass is 35.5. The van der Waals surface area contributed by atoms with Gasteiger partial charge in [0, 0.05) is 30.7 Å². The zero-order valence-electron chi connectivity index (χ0n) is 12.8. The van der Waals surface area contributed by atoms with Crippen LogP contribution in [0.15, 0.2) is 30.5 Å². The van der Waals surface area contributed by atoms with Crippen molar-refractivity contribution < 1.29 is 4.79 Å². The number of benzene rings is 1. The molecule has 1 aliphatic rings. The van der Waals surface area contributed by atoms with Gasteiger partial charge in [0.25, 0.3) is 5.91 Å². The third kappa shape index (κ3) is 3.59. The van der Waals surface area contributed by atoms with Gasteiger partial charge < -0.3 is 10.2 Å². The Bertz CT molecular complexity index is 743. The zero-order chi connectivity index (χ0) is 16.4. The molecule has 0 bridgehead atoms. The highest BCUT2D eigenvalue weighted by Crippen LogP contribution is 2.26. The first kappa shape index (κ1) is 16.1. The monoisotopic (exact) mass is 349 g/mol. The molecule has 120 valence electrons. The normalized spacial score (nSPS) is 14.1. The van der Waals surface area contributed by atoms with Crippen molar-refractivity contribution in [3.05, 3.63) is 51.8 Å². The van der Waals surface area contributed by atoms with Crippen molar-refractivity contribution in [2.75, 3.05) is 23.3 Å². The fourth-order valence-electron chi connectivity index (χ4n) is 2.70. The van der Waals surface area contributed by atoms with E-state index in [1.165, 1.54) is 30.8 Å². The number of anilines is 2. The van der Waals surface area contributed by atoms with E-state index in [1.54, 1.807) is 0 Å². The van der Waals surface area contributed by atoms with Gasteiger partial charge in [-0.3, -0.25) is 4.79 Å².